The summed E-state index contributed by atoms with van der Waals surface area (Å²) in [5.74, 6) is 3.30. The van der Waals surface area contributed by atoms with Gasteiger partial charge in [-0.15, -0.1) is 5.54 Å². The Bertz CT molecular complexity index is 802. The van der Waals surface area contributed by atoms with Crippen molar-refractivity contribution in [2.75, 3.05) is 31.1 Å². The summed E-state index contributed by atoms with van der Waals surface area (Å²) < 4.78 is 5.46. The van der Waals surface area contributed by atoms with Crippen molar-refractivity contribution in [1.29, 1.82) is 0 Å². The van der Waals surface area contributed by atoms with Crippen LogP contribution in [0.4, 0.5) is 10.5 Å². The predicted molar refractivity (Wildman–Crippen MR) is 117 cm³/mol. The SMILES string of the molecule is Cc1c(C#C[Si](C)(C)C)cc(N2CCN(C(=O)OC(C)(C)C)CC2)cc1C=O. The second-order valence-electron chi connectivity index (χ2n) is 9.28. The zero-order valence-electron chi connectivity index (χ0n) is 18.2. The number of carbonyl (C=O) groups is 2. The number of piperazine rings is 1. The van der Waals surface area contributed by atoms with Crippen LogP contribution in [-0.4, -0.2) is 57.1 Å². The maximum atomic E-state index is 12.3. The molecule has 0 aromatic heterocycles. The molecule has 0 aliphatic carbocycles. The zero-order chi connectivity index (χ0) is 21.1. The van der Waals surface area contributed by atoms with E-state index >= 15 is 0 Å². The van der Waals surface area contributed by atoms with E-state index in [1.54, 1.807) is 4.90 Å². The summed E-state index contributed by atoms with van der Waals surface area (Å²) in [5, 5.41) is 0. The molecule has 1 aliphatic heterocycles. The number of nitrogens with zero attached hydrogens (tertiary/aromatic N) is 2. The average Bonchev–Trinajstić information content (AvgIpc) is 2.59. The van der Waals surface area contributed by atoms with E-state index in [0.29, 0.717) is 31.7 Å². The van der Waals surface area contributed by atoms with E-state index in [4.69, 9.17) is 4.74 Å². The molecule has 2 rings (SSSR count). The molecule has 1 aliphatic rings. The molecule has 1 saturated heterocycles. The number of amides is 1. The van der Waals surface area contributed by atoms with Gasteiger partial charge in [0.1, 0.15) is 20.0 Å². The Morgan fingerprint density at radius 3 is 2.25 bits per heavy atom. The molecule has 0 bridgehead atoms. The van der Waals surface area contributed by atoms with Crippen LogP contribution in [0, 0.1) is 18.4 Å². The van der Waals surface area contributed by atoms with Gasteiger partial charge in [-0.25, -0.2) is 4.79 Å². The first-order valence-corrected chi connectivity index (χ1v) is 13.3. The van der Waals surface area contributed by atoms with Crippen LogP contribution >= 0.6 is 0 Å². The first kappa shape index (κ1) is 22.0. The summed E-state index contributed by atoms with van der Waals surface area (Å²) in [4.78, 5) is 27.8. The van der Waals surface area contributed by atoms with Crippen molar-refractivity contribution < 1.29 is 14.3 Å². The molecule has 0 N–H and O–H groups in total. The standard InChI is InChI=1S/C22H32N2O3Si/c1-17-18(8-13-28(5,6)7)14-20(15-19(17)16-25)23-9-11-24(12-10-23)21(26)27-22(2,3)4/h14-16H,9-12H2,1-7H3. The lowest BCUT2D eigenvalue weighted by Gasteiger charge is -2.37. The number of rotatable bonds is 2. The average molecular weight is 401 g/mol. The maximum Gasteiger partial charge on any atom is 0.410 e. The van der Waals surface area contributed by atoms with E-state index in [0.717, 1.165) is 23.1 Å². The first-order valence-electron chi connectivity index (χ1n) is 9.75. The van der Waals surface area contributed by atoms with E-state index in [1.807, 2.05) is 33.8 Å². The van der Waals surface area contributed by atoms with Crippen LogP contribution in [0.25, 0.3) is 0 Å². The Hall–Kier alpha value is -2.26. The van der Waals surface area contributed by atoms with Gasteiger partial charge in [0.15, 0.2) is 0 Å². The fourth-order valence-electron chi connectivity index (χ4n) is 2.88. The summed E-state index contributed by atoms with van der Waals surface area (Å²) in [6.07, 6.45) is 0.626. The lowest BCUT2D eigenvalue weighted by atomic mass is 10.0. The van der Waals surface area contributed by atoms with Crippen molar-refractivity contribution in [1.82, 2.24) is 4.90 Å². The van der Waals surface area contributed by atoms with E-state index in [1.165, 1.54) is 0 Å². The zero-order valence-corrected chi connectivity index (χ0v) is 19.2. The second-order valence-corrected chi connectivity index (χ2v) is 14.0. The van der Waals surface area contributed by atoms with Crippen LogP contribution in [0.15, 0.2) is 12.1 Å². The van der Waals surface area contributed by atoms with Crippen molar-refractivity contribution in [3.05, 3.63) is 28.8 Å². The Kier molecular flexibility index (Phi) is 6.61. The second kappa shape index (κ2) is 8.40. The molecule has 0 spiro atoms. The summed E-state index contributed by atoms with van der Waals surface area (Å²) in [6.45, 7) is 16.8. The quantitative estimate of drug-likeness (QED) is 0.426. The van der Waals surface area contributed by atoms with Crippen LogP contribution in [0.5, 0.6) is 0 Å². The van der Waals surface area contributed by atoms with Gasteiger partial charge in [0, 0.05) is 43.0 Å². The fourth-order valence-corrected chi connectivity index (χ4v) is 3.39. The minimum Gasteiger partial charge on any atom is -0.444 e. The number of aldehydes is 1. The molecule has 152 valence electrons. The lowest BCUT2D eigenvalue weighted by molar-refractivity contribution is 0.0240. The van der Waals surface area contributed by atoms with Gasteiger partial charge < -0.3 is 14.5 Å². The number of benzene rings is 1. The number of anilines is 1. The molecular formula is C22H32N2O3Si. The van der Waals surface area contributed by atoms with Gasteiger partial charge in [-0.3, -0.25) is 4.79 Å². The van der Waals surface area contributed by atoms with Gasteiger partial charge >= 0.3 is 6.09 Å². The van der Waals surface area contributed by atoms with Crippen molar-refractivity contribution in [2.24, 2.45) is 0 Å². The molecule has 5 nitrogen and oxygen atoms in total. The van der Waals surface area contributed by atoms with Gasteiger partial charge in [-0.2, -0.15) is 0 Å². The van der Waals surface area contributed by atoms with Crippen LogP contribution in [0.1, 0.15) is 42.3 Å². The molecule has 1 heterocycles. The first-order chi connectivity index (χ1) is 12.9. The highest BCUT2D eigenvalue weighted by Crippen LogP contribution is 2.24. The van der Waals surface area contributed by atoms with Crippen LogP contribution in [0.3, 0.4) is 0 Å². The van der Waals surface area contributed by atoms with E-state index < -0.39 is 13.7 Å². The van der Waals surface area contributed by atoms with E-state index in [9.17, 15) is 9.59 Å². The molecular weight excluding hydrogens is 368 g/mol. The van der Waals surface area contributed by atoms with Crippen LogP contribution < -0.4 is 4.90 Å². The van der Waals surface area contributed by atoms with E-state index in [-0.39, 0.29) is 6.09 Å². The minimum absolute atomic E-state index is 0.272. The van der Waals surface area contributed by atoms with Gasteiger partial charge in [0.05, 0.1) is 0 Å². The van der Waals surface area contributed by atoms with Crippen LogP contribution in [-0.2, 0) is 4.74 Å². The normalized spacial score (nSPS) is 15.0. The predicted octanol–water partition coefficient (Wildman–Crippen LogP) is 4.09. The van der Waals surface area contributed by atoms with Gasteiger partial charge in [0.2, 0.25) is 0 Å². The highest BCUT2D eigenvalue weighted by molar-refractivity contribution is 6.83. The smallest absolute Gasteiger partial charge is 0.410 e. The lowest BCUT2D eigenvalue weighted by Crippen LogP contribution is -2.50. The Labute approximate surface area is 170 Å². The third-order valence-electron chi connectivity index (χ3n) is 4.43. The van der Waals surface area contributed by atoms with Crippen molar-refractivity contribution in [2.45, 2.75) is 52.9 Å². The van der Waals surface area contributed by atoms with Crippen molar-refractivity contribution >= 4 is 26.1 Å². The van der Waals surface area contributed by atoms with Gasteiger partial charge in [0.25, 0.3) is 0 Å². The number of hydrogen-bond acceptors (Lipinski definition) is 4. The number of hydrogen-bond donors (Lipinski definition) is 0. The van der Waals surface area contributed by atoms with Crippen molar-refractivity contribution in [3.8, 4) is 11.5 Å². The monoisotopic (exact) mass is 400 g/mol. The third-order valence-corrected chi connectivity index (χ3v) is 5.30. The van der Waals surface area contributed by atoms with E-state index in [2.05, 4.69) is 42.1 Å². The maximum absolute atomic E-state index is 12.3. The Morgan fingerprint density at radius 1 is 1.14 bits per heavy atom. The summed E-state index contributed by atoms with van der Waals surface area (Å²) >= 11 is 0. The summed E-state index contributed by atoms with van der Waals surface area (Å²) in [5.41, 5.74) is 6.39. The molecule has 1 aromatic carbocycles. The molecule has 6 heteroatoms. The van der Waals surface area contributed by atoms with Gasteiger partial charge in [-0.1, -0.05) is 25.6 Å². The van der Waals surface area contributed by atoms with Crippen LogP contribution in [0.2, 0.25) is 19.6 Å². The highest BCUT2D eigenvalue weighted by Gasteiger charge is 2.26. The molecule has 28 heavy (non-hydrogen) atoms. The minimum atomic E-state index is -1.51. The molecule has 0 saturated carbocycles. The summed E-state index contributed by atoms with van der Waals surface area (Å²) in [7, 11) is -1.51. The largest absolute Gasteiger partial charge is 0.444 e. The number of carbonyl (C=O) groups excluding carboxylic acids is 2. The molecule has 0 radical (unpaired) electrons. The molecule has 1 fully saturated rings. The fraction of sp³-hybridized carbons (Fsp3) is 0.545. The molecule has 0 atom stereocenters. The Morgan fingerprint density at radius 2 is 1.75 bits per heavy atom. The third kappa shape index (κ3) is 6.13. The molecule has 0 unspecified atom stereocenters. The highest BCUT2D eigenvalue weighted by atomic mass is 28.3. The topological polar surface area (TPSA) is 49.9 Å². The Balaban J connectivity index is 2.19. The summed E-state index contributed by atoms with van der Waals surface area (Å²) in [6, 6.07) is 3.99. The molecule has 1 amide bonds. The molecule has 1 aromatic rings. The van der Waals surface area contributed by atoms with Gasteiger partial charge in [-0.05, 0) is 45.4 Å². The number of ether oxygens (including phenoxy) is 1. The van der Waals surface area contributed by atoms with Crippen molar-refractivity contribution in [3.63, 3.8) is 0 Å².